The molecule has 3 amide bonds. The van der Waals surface area contributed by atoms with E-state index in [1.165, 1.54) is 0 Å². The van der Waals surface area contributed by atoms with Crippen molar-refractivity contribution in [2.45, 2.75) is 50.8 Å². The number of anilines is 1. The molecule has 31 heavy (non-hydrogen) atoms. The Labute approximate surface area is 184 Å². The van der Waals surface area contributed by atoms with Gasteiger partial charge in [0.05, 0.1) is 12.0 Å². The van der Waals surface area contributed by atoms with Crippen molar-refractivity contribution < 1.29 is 14.7 Å². The third-order valence-electron chi connectivity index (χ3n) is 6.99. The van der Waals surface area contributed by atoms with E-state index in [0.717, 1.165) is 24.1 Å². The Morgan fingerprint density at radius 2 is 1.74 bits per heavy atom. The van der Waals surface area contributed by atoms with Gasteiger partial charge in [0, 0.05) is 38.4 Å². The largest absolute Gasteiger partial charge is 0.393 e. The van der Waals surface area contributed by atoms with Gasteiger partial charge in [-0.3, -0.25) is 9.69 Å². The molecule has 1 aromatic carbocycles. The minimum atomic E-state index is -0.269. The number of benzene rings is 1. The molecule has 1 N–H and O–H groups in total. The van der Waals surface area contributed by atoms with Gasteiger partial charge >= 0.3 is 6.03 Å². The second-order valence-corrected chi connectivity index (χ2v) is 9.27. The van der Waals surface area contributed by atoms with E-state index in [4.69, 9.17) is 0 Å². The average Bonchev–Trinajstić information content (AvgIpc) is 3.04. The number of urea groups is 1. The lowest BCUT2D eigenvalue weighted by Gasteiger charge is -2.40. The van der Waals surface area contributed by atoms with Crippen LogP contribution in [0.2, 0.25) is 0 Å². The minimum absolute atomic E-state index is 0.0743. The van der Waals surface area contributed by atoms with Crippen molar-refractivity contribution >= 4 is 17.6 Å². The highest BCUT2D eigenvalue weighted by molar-refractivity contribution is 5.91. The SMILES string of the molecule is CC1C=C(CN(C)C(=O)N(C)c2ccccc2)C=CC1C(=O)N1C2CCC1CC(O)C2. The number of fused-ring (bicyclic) bond motifs is 2. The van der Waals surface area contributed by atoms with Crippen LogP contribution >= 0.6 is 0 Å². The van der Waals surface area contributed by atoms with Crippen LogP contribution in [0.15, 0.2) is 54.1 Å². The zero-order valence-corrected chi connectivity index (χ0v) is 18.6. The van der Waals surface area contributed by atoms with E-state index in [2.05, 4.69) is 17.9 Å². The van der Waals surface area contributed by atoms with Crippen molar-refractivity contribution in [2.24, 2.45) is 11.8 Å². The maximum absolute atomic E-state index is 13.3. The molecule has 1 aromatic rings. The Kier molecular flexibility index (Phi) is 6.19. The molecule has 6 heteroatoms. The number of rotatable bonds is 4. The summed E-state index contributed by atoms with van der Waals surface area (Å²) in [5, 5.41) is 10.0. The highest BCUT2D eigenvalue weighted by Crippen LogP contribution is 2.38. The van der Waals surface area contributed by atoms with Crippen molar-refractivity contribution in [1.82, 2.24) is 9.80 Å². The molecule has 4 atom stereocenters. The van der Waals surface area contributed by atoms with Gasteiger partial charge in [-0.15, -0.1) is 0 Å². The number of piperidine rings is 1. The summed E-state index contributed by atoms with van der Waals surface area (Å²) in [7, 11) is 3.58. The minimum Gasteiger partial charge on any atom is -0.393 e. The smallest absolute Gasteiger partial charge is 0.324 e. The van der Waals surface area contributed by atoms with E-state index in [0.29, 0.717) is 19.4 Å². The number of nitrogens with zero attached hydrogens (tertiary/aromatic N) is 3. The summed E-state index contributed by atoms with van der Waals surface area (Å²) >= 11 is 0. The first-order valence-corrected chi connectivity index (χ1v) is 11.3. The molecule has 4 rings (SSSR count). The maximum Gasteiger partial charge on any atom is 0.324 e. The molecule has 166 valence electrons. The standard InChI is InChI=1S/C25H33N3O3/c1-17-13-18(16-26(2)25(31)27(3)19-7-5-4-6-8-19)9-12-23(17)24(30)28-20-10-11-21(28)15-22(29)14-20/h4-9,12-13,17,20-23,29H,10-11,14-16H2,1-3H3. The van der Waals surface area contributed by atoms with Gasteiger partial charge in [0.2, 0.25) is 5.91 Å². The van der Waals surface area contributed by atoms with Gasteiger partial charge in [-0.1, -0.05) is 43.4 Å². The molecule has 0 radical (unpaired) electrons. The first-order chi connectivity index (χ1) is 14.8. The quantitative estimate of drug-likeness (QED) is 0.807. The van der Waals surface area contributed by atoms with Crippen molar-refractivity contribution in [3.8, 4) is 0 Å². The van der Waals surface area contributed by atoms with Gasteiger partial charge in [0.25, 0.3) is 0 Å². The highest BCUT2D eigenvalue weighted by atomic mass is 16.3. The first kappa shape index (κ1) is 21.6. The second kappa shape index (κ2) is 8.87. The van der Waals surface area contributed by atoms with E-state index in [1.54, 1.807) is 23.9 Å². The van der Waals surface area contributed by atoms with Crippen molar-refractivity contribution in [3.63, 3.8) is 0 Å². The molecule has 0 aromatic heterocycles. The van der Waals surface area contributed by atoms with Crippen molar-refractivity contribution in [3.05, 3.63) is 54.1 Å². The van der Waals surface area contributed by atoms with E-state index >= 15 is 0 Å². The fourth-order valence-electron chi connectivity index (χ4n) is 5.35. The Morgan fingerprint density at radius 3 is 2.35 bits per heavy atom. The van der Waals surface area contributed by atoms with Crippen LogP contribution in [0.3, 0.4) is 0 Å². The van der Waals surface area contributed by atoms with Crippen molar-refractivity contribution in [1.29, 1.82) is 0 Å². The summed E-state index contributed by atoms with van der Waals surface area (Å²) < 4.78 is 0. The molecule has 0 saturated carbocycles. The van der Waals surface area contributed by atoms with Crippen LogP contribution in [-0.2, 0) is 4.79 Å². The molecule has 2 heterocycles. The normalized spacial score (nSPS) is 29.5. The Bertz CT molecular complexity index is 867. The molecule has 2 bridgehead atoms. The summed E-state index contributed by atoms with van der Waals surface area (Å²) in [6, 6.07) is 9.88. The monoisotopic (exact) mass is 423 g/mol. The van der Waals surface area contributed by atoms with Crippen LogP contribution in [0.4, 0.5) is 10.5 Å². The van der Waals surface area contributed by atoms with E-state index in [9.17, 15) is 14.7 Å². The summed E-state index contributed by atoms with van der Waals surface area (Å²) in [4.78, 5) is 31.5. The molecular weight excluding hydrogens is 390 g/mol. The lowest BCUT2D eigenvalue weighted by atomic mass is 9.84. The van der Waals surface area contributed by atoms with E-state index in [-0.39, 0.29) is 42.0 Å². The topological polar surface area (TPSA) is 64.1 Å². The van der Waals surface area contributed by atoms with Crippen LogP contribution in [0.1, 0.15) is 32.6 Å². The first-order valence-electron chi connectivity index (χ1n) is 11.3. The number of likely N-dealkylation sites (N-methyl/N-ethyl adjacent to an activating group) is 1. The zero-order valence-electron chi connectivity index (χ0n) is 18.6. The fourth-order valence-corrected chi connectivity index (χ4v) is 5.35. The van der Waals surface area contributed by atoms with Gasteiger partial charge in [-0.05, 0) is 49.3 Å². The number of amides is 3. The van der Waals surface area contributed by atoms with E-state index in [1.807, 2.05) is 42.5 Å². The molecule has 2 saturated heterocycles. The predicted octanol–water partition coefficient (Wildman–Crippen LogP) is 3.44. The third kappa shape index (κ3) is 4.40. The molecule has 1 aliphatic carbocycles. The Hall–Kier alpha value is -2.60. The lowest BCUT2D eigenvalue weighted by molar-refractivity contribution is -0.141. The Balaban J connectivity index is 1.37. The molecular formula is C25H33N3O3. The number of para-hydroxylation sites is 1. The zero-order chi connectivity index (χ0) is 22.1. The van der Waals surface area contributed by atoms with Crippen molar-refractivity contribution in [2.75, 3.05) is 25.5 Å². The summed E-state index contributed by atoms with van der Waals surface area (Å²) in [6.07, 6.45) is 9.26. The number of aliphatic hydroxyl groups is 1. The van der Waals surface area contributed by atoms with Gasteiger partial charge in [-0.2, -0.15) is 0 Å². The maximum atomic E-state index is 13.3. The van der Waals surface area contributed by atoms with Crippen LogP contribution in [0.25, 0.3) is 0 Å². The number of carbonyl (C=O) groups excluding carboxylic acids is 2. The molecule has 2 aliphatic heterocycles. The predicted molar refractivity (Wildman–Crippen MR) is 122 cm³/mol. The number of carbonyl (C=O) groups is 2. The number of hydrogen-bond acceptors (Lipinski definition) is 3. The van der Waals surface area contributed by atoms with Crippen LogP contribution in [-0.4, -0.2) is 65.7 Å². The highest BCUT2D eigenvalue weighted by Gasteiger charge is 2.44. The van der Waals surface area contributed by atoms with Gasteiger partial charge < -0.3 is 14.9 Å². The summed E-state index contributed by atoms with van der Waals surface area (Å²) in [6.45, 7) is 2.57. The number of aliphatic hydroxyl groups excluding tert-OH is 1. The number of allylic oxidation sites excluding steroid dienone is 1. The van der Waals surface area contributed by atoms with Gasteiger partial charge in [-0.25, -0.2) is 4.79 Å². The van der Waals surface area contributed by atoms with Gasteiger partial charge in [0.15, 0.2) is 0 Å². The molecule has 4 unspecified atom stereocenters. The molecule has 6 nitrogen and oxygen atoms in total. The molecule has 2 fully saturated rings. The Morgan fingerprint density at radius 1 is 1.10 bits per heavy atom. The fraction of sp³-hybridized carbons (Fsp3) is 0.520. The average molecular weight is 424 g/mol. The summed E-state index contributed by atoms with van der Waals surface area (Å²) in [5.41, 5.74) is 1.90. The number of hydrogen-bond donors (Lipinski definition) is 1. The second-order valence-electron chi connectivity index (χ2n) is 9.27. The molecule has 3 aliphatic rings. The van der Waals surface area contributed by atoms with Crippen LogP contribution < -0.4 is 4.90 Å². The van der Waals surface area contributed by atoms with Gasteiger partial charge in [0.1, 0.15) is 0 Å². The summed E-state index contributed by atoms with van der Waals surface area (Å²) in [5.74, 6) is 0.0934. The molecule has 0 spiro atoms. The van der Waals surface area contributed by atoms with Crippen LogP contribution in [0, 0.1) is 11.8 Å². The third-order valence-corrected chi connectivity index (χ3v) is 6.99. The lowest BCUT2D eigenvalue weighted by Crippen LogP contribution is -2.50. The van der Waals surface area contributed by atoms with E-state index < -0.39 is 0 Å². The van der Waals surface area contributed by atoms with Crippen LogP contribution in [0.5, 0.6) is 0 Å².